The lowest BCUT2D eigenvalue weighted by molar-refractivity contribution is 1.04. The van der Waals surface area contributed by atoms with Gasteiger partial charge in [0.2, 0.25) is 0 Å². The van der Waals surface area contributed by atoms with Gasteiger partial charge in [-0.2, -0.15) is 0 Å². The van der Waals surface area contributed by atoms with Gasteiger partial charge in [-0.25, -0.2) is 9.98 Å². The Morgan fingerprint density at radius 2 is 1.46 bits per heavy atom. The number of hydrogen-bond acceptors (Lipinski definition) is 2. The maximum absolute atomic E-state index is 4.94. The molecule has 0 aliphatic rings. The van der Waals surface area contributed by atoms with Crippen LogP contribution in [-0.2, 0) is 0 Å². The SMILES string of the molecule is Cc1ncc2ccc(N=C(c3ccccc3)c3ccccc3)cn12. The van der Waals surface area contributed by atoms with E-state index >= 15 is 0 Å². The number of nitrogens with zero attached hydrogens (tertiary/aromatic N) is 3. The molecule has 0 amide bonds. The first-order valence-corrected chi connectivity index (χ1v) is 7.94. The van der Waals surface area contributed by atoms with Gasteiger partial charge in [-0.15, -0.1) is 0 Å². The summed E-state index contributed by atoms with van der Waals surface area (Å²) in [5.74, 6) is 0.961. The fraction of sp³-hybridized carbons (Fsp3) is 0.0476. The zero-order chi connectivity index (χ0) is 16.4. The average molecular weight is 311 g/mol. The smallest absolute Gasteiger partial charge is 0.110 e. The number of aromatic nitrogens is 2. The van der Waals surface area contributed by atoms with Crippen LogP contribution in [0.5, 0.6) is 0 Å². The molecule has 4 aromatic rings. The van der Waals surface area contributed by atoms with Crippen molar-refractivity contribution >= 4 is 16.9 Å². The summed E-state index contributed by atoms with van der Waals surface area (Å²) in [6.07, 6.45) is 3.90. The second kappa shape index (κ2) is 6.13. The topological polar surface area (TPSA) is 29.7 Å². The summed E-state index contributed by atoms with van der Waals surface area (Å²) in [5, 5.41) is 0. The molecule has 0 saturated carbocycles. The Balaban J connectivity index is 1.88. The maximum atomic E-state index is 4.94. The molecule has 24 heavy (non-hydrogen) atoms. The molecule has 0 N–H and O–H groups in total. The number of benzene rings is 2. The van der Waals surface area contributed by atoms with Crippen molar-refractivity contribution in [2.24, 2.45) is 4.99 Å². The van der Waals surface area contributed by atoms with E-state index in [0.717, 1.165) is 33.9 Å². The molecule has 0 aliphatic heterocycles. The van der Waals surface area contributed by atoms with Crippen LogP contribution in [0.1, 0.15) is 17.0 Å². The van der Waals surface area contributed by atoms with Gasteiger partial charge in [0.1, 0.15) is 5.82 Å². The first kappa shape index (κ1) is 14.4. The highest BCUT2D eigenvalue weighted by Gasteiger charge is 2.07. The molecule has 0 bridgehead atoms. The molecule has 0 unspecified atom stereocenters. The van der Waals surface area contributed by atoms with Gasteiger partial charge in [0.05, 0.1) is 23.1 Å². The Morgan fingerprint density at radius 3 is 2.08 bits per heavy atom. The minimum Gasteiger partial charge on any atom is -0.302 e. The van der Waals surface area contributed by atoms with E-state index in [-0.39, 0.29) is 0 Å². The summed E-state index contributed by atoms with van der Waals surface area (Å²) in [4.78, 5) is 9.28. The van der Waals surface area contributed by atoms with Gasteiger partial charge >= 0.3 is 0 Å². The Labute approximate surface area is 141 Å². The number of hydrogen-bond donors (Lipinski definition) is 0. The van der Waals surface area contributed by atoms with Gasteiger partial charge < -0.3 is 4.40 Å². The summed E-state index contributed by atoms with van der Waals surface area (Å²) >= 11 is 0. The van der Waals surface area contributed by atoms with E-state index in [2.05, 4.69) is 33.7 Å². The second-order valence-corrected chi connectivity index (χ2v) is 5.68. The van der Waals surface area contributed by atoms with E-state index in [1.54, 1.807) is 0 Å². The summed E-state index contributed by atoms with van der Waals surface area (Å²) in [6.45, 7) is 2.00. The van der Waals surface area contributed by atoms with Gasteiger partial charge in [0.25, 0.3) is 0 Å². The number of aryl methyl sites for hydroxylation is 1. The molecule has 0 radical (unpaired) electrons. The third-order valence-electron chi connectivity index (χ3n) is 4.03. The molecule has 0 fully saturated rings. The molecule has 2 aromatic carbocycles. The van der Waals surface area contributed by atoms with Crippen LogP contribution in [0.2, 0.25) is 0 Å². The van der Waals surface area contributed by atoms with Crippen molar-refractivity contribution < 1.29 is 0 Å². The standard InChI is InChI=1S/C21H17N3/c1-16-22-14-20-13-12-19(15-24(16)20)23-21(17-8-4-2-5-9-17)18-10-6-3-7-11-18/h2-15H,1H3. The highest BCUT2D eigenvalue weighted by atomic mass is 15.0. The minimum absolute atomic E-state index is 0.909. The van der Waals surface area contributed by atoms with Crippen molar-refractivity contribution in [2.45, 2.75) is 6.92 Å². The molecule has 116 valence electrons. The van der Waals surface area contributed by atoms with E-state index in [1.807, 2.05) is 67.8 Å². The molecule has 0 atom stereocenters. The van der Waals surface area contributed by atoms with Crippen molar-refractivity contribution in [3.8, 4) is 0 Å². The third kappa shape index (κ3) is 2.72. The predicted molar refractivity (Wildman–Crippen MR) is 98.1 cm³/mol. The molecule has 0 spiro atoms. The Morgan fingerprint density at radius 1 is 0.833 bits per heavy atom. The normalized spacial score (nSPS) is 10.7. The summed E-state index contributed by atoms with van der Waals surface area (Å²) in [5.41, 5.74) is 5.16. The monoisotopic (exact) mass is 311 g/mol. The number of pyridine rings is 1. The highest BCUT2D eigenvalue weighted by molar-refractivity contribution is 6.13. The number of imidazole rings is 1. The van der Waals surface area contributed by atoms with E-state index in [9.17, 15) is 0 Å². The van der Waals surface area contributed by atoms with E-state index in [1.165, 1.54) is 0 Å². The fourth-order valence-corrected chi connectivity index (χ4v) is 2.79. The molecular formula is C21H17N3. The van der Waals surface area contributed by atoms with Gasteiger partial charge in [-0.05, 0) is 19.1 Å². The summed E-state index contributed by atoms with van der Waals surface area (Å²) in [6, 6.07) is 24.6. The van der Waals surface area contributed by atoms with E-state index in [0.29, 0.717) is 0 Å². The van der Waals surface area contributed by atoms with Crippen LogP contribution in [-0.4, -0.2) is 15.1 Å². The lowest BCUT2D eigenvalue weighted by atomic mass is 10.0. The zero-order valence-corrected chi connectivity index (χ0v) is 13.4. The average Bonchev–Trinajstić information content (AvgIpc) is 3.02. The zero-order valence-electron chi connectivity index (χ0n) is 13.4. The van der Waals surface area contributed by atoms with Crippen LogP contribution in [0.25, 0.3) is 5.52 Å². The summed E-state index contributed by atoms with van der Waals surface area (Å²) in [7, 11) is 0. The van der Waals surface area contributed by atoms with Crippen LogP contribution in [0, 0.1) is 6.92 Å². The van der Waals surface area contributed by atoms with Gasteiger partial charge in [0.15, 0.2) is 0 Å². The molecule has 0 saturated heterocycles. The Bertz CT molecular complexity index is 958. The number of aliphatic imine (C=N–C) groups is 1. The second-order valence-electron chi connectivity index (χ2n) is 5.68. The Hall–Kier alpha value is -3.20. The van der Waals surface area contributed by atoms with Crippen LogP contribution in [0.15, 0.2) is 90.2 Å². The van der Waals surface area contributed by atoms with Crippen LogP contribution in [0.3, 0.4) is 0 Å². The molecule has 3 heteroatoms. The van der Waals surface area contributed by atoms with Gasteiger partial charge in [-0.1, -0.05) is 60.7 Å². The summed E-state index contributed by atoms with van der Waals surface area (Å²) < 4.78 is 2.06. The highest BCUT2D eigenvalue weighted by Crippen LogP contribution is 2.20. The molecule has 3 nitrogen and oxygen atoms in total. The van der Waals surface area contributed by atoms with Crippen molar-refractivity contribution in [3.63, 3.8) is 0 Å². The lowest BCUT2D eigenvalue weighted by Gasteiger charge is -2.08. The largest absolute Gasteiger partial charge is 0.302 e. The molecule has 0 aliphatic carbocycles. The fourth-order valence-electron chi connectivity index (χ4n) is 2.79. The van der Waals surface area contributed by atoms with Gasteiger partial charge in [-0.3, -0.25) is 0 Å². The molecular weight excluding hydrogens is 294 g/mol. The van der Waals surface area contributed by atoms with Crippen molar-refractivity contribution in [1.82, 2.24) is 9.38 Å². The van der Waals surface area contributed by atoms with Gasteiger partial charge in [0, 0.05) is 17.3 Å². The number of rotatable bonds is 3. The van der Waals surface area contributed by atoms with Crippen molar-refractivity contribution in [1.29, 1.82) is 0 Å². The van der Waals surface area contributed by atoms with Crippen molar-refractivity contribution in [2.75, 3.05) is 0 Å². The first-order valence-electron chi connectivity index (χ1n) is 7.94. The minimum atomic E-state index is 0.909. The Kier molecular flexibility index (Phi) is 3.67. The van der Waals surface area contributed by atoms with Crippen LogP contribution < -0.4 is 0 Å². The quantitative estimate of drug-likeness (QED) is 0.499. The third-order valence-corrected chi connectivity index (χ3v) is 4.03. The van der Waals surface area contributed by atoms with Crippen LogP contribution in [0.4, 0.5) is 5.69 Å². The first-order chi connectivity index (χ1) is 11.8. The molecule has 2 heterocycles. The van der Waals surface area contributed by atoms with Crippen LogP contribution >= 0.6 is 0 Å². The number of fused-ring (bicyclic) bond motifs is 1. The molecule has 4 rings (SSSR count). The van der Waals surface area contributed by atoms with E-state index < -0.39 is 0 Å². The van der Waals surface area contributed by atoms with Crippen molar-refractivity contribution in [3.05, 3.63) is 102 Å². The predicted octanol–water partition coefficient (Wildman–Crippen LogP) is 4.81. The lowest BCUT2D eigenvalue weighted by Crippen LogP contribution is -2.02. The van der Waals surface area contributed by atoms with E-state index in [4.69, 9.17) is 4.99 Å². The maximum Gasteiger partial charge on any atom is 0.110 e. The molecule has 2 aromatic heterocycles.